The van der Waals surface area contributed by atoms with Crippen LogP contribution in [0.5, 0.6) is 5.75 Å². The number of ether oxygens (including phenoxy) is 1. The van der Waals surface area contributed by atoms with Crippen molar-refractivity contribution in [2.45, 2.75) is 26.4 Å². The lowest BCUT2D eigenvalue weighted by Gasteiger charge is -2.06. The maximum Gasteiger partial charge on any atom is 0.120 e. The highest BCUT2D eigenvalue weighted by molar-refractivity contribution is 5.91. The van der Waals surface area contributed by atoms with Gasteiger partial charge in [0.15, 0.2) is 0 Å². The van der Waals surface area contributed by atoms with E-state index < -0.39 is 0 Å². The van der Waals surface area contributed by atoms with Gasteiger partial charge in [-0.25, -0.2) is 0 Å². The average Bonchev–Trinajstić information content (AvgIpc) is 3.19. The van der Waals surface area contributed by atoms with Crippen LogP contribution >= 0.6 is 0 Å². The van der Waals surface area contributed by atoms with Gasteiger partial charge in [0.05, 0.1) is 0 Å². The second kappa shape index (κ2) is 9.15. The van der Waals surface area contributed by atoms with E-state index in [4.69, 9.17) is 4.74 Å². The first-order valence-electron chi connectivity index (χ1n) is 11.2. The molecular formula is C30H27NO. The molecule has 0 fully saturated rings. The third kappa shape index (κ3) is 4.45. The minimum atomic E-state index is 0.577. The van der Waals surface area contributed by atoms with Gasteiger partial charge in [-0.3, -0.25) is 0 Å². The van der Waals surface area contributed by atoms with Crippen LogP contribution in [-0.4, -0.2) is 4.98 Å². The molecule has 0 atom stereocenters. The Bertz CT molecular complexity index is 1300. The summed E-state index contributed by atoms with van der Waals surface area (Å²) in [5.41, 5.74) is 8.70. The minimum absolute atomic E-state index is 0.577. The van der Waals surface area contributed by atoms with Crippen LogP contribution in [0, 0.1) is 6.92 Å². The molecule has 0 radical (unpaired) electrons. The molecule has 1 aromatic heterocycles. The number of aromatic nitrogens is 1. The Morgan fingerprint density at radius 3 is 1.97 bits per heavy atom. The molecular weight excluding hydrogens is 390 g/mol. The zero-order valence-electron chi connectivity index (χ0n) is 18.3. The van der Waals surface area contributed by atoms with Gasteiger partial charge < -0.3 is 9.72 Å². The molecule has 0 aliphatic rings. The summed E-state index contributed by atoms with van der Waals surface area (Å²) in [6.07, 6.45) is 2.12. The summed E-state index contributed by atoms with van der Waals surface area (Å²) in [4.78, 5) is 3.60. The number of H-pyrrole nitrogens is 1. The first-order valence-corrected chi connectivity index (χ1v) is 11.2. The molecule has 2 heteroatoms. The van der Waals surface area contributed by atoms with Gasteiger partial charge in [-0.05, 0) is 65.8 Å². The highest BCUT2D eigenvalue weighted by atomic mass is 16.5. The molecule has 1 heterocycles. The van der Waals surface area contributed by atoms with Gasteiger partial charge in [-0.2, -0.15) is 0 Å². The molecule has 0 aliphatic heterocycles. The van der Waals surface area contributed by atoms with Gasteiger partial charge in [0.1, 0.15) is 12.4 Å². The monoisotopic (exact) mass is 417 g/mol. The van der Waals surface area contributed by atoms with Crippen LogP contribution in [0.2, 0.25) is 0 Å². The van der Waals surface area contributed by atoms with Crippen LogP contribution in [0.1, 0.15) is 22.3 Å². The summed E-state index contributed by atoms with van der Waals surface area (Å²) in [6, 6.07) is 36.2. The van der Waals surface area contributed by atoms with Gasteiger partial charge >= 0.3 is 0 Å². The number of hydrogen-bond acceptors (Lipinski definition) is 1. The van der Waals surface area contributed by atoms with E-state index in [2.05, 4.69) is 90.8 Å². The summed E-state index contributed by atoms with van der Waals surface area (Å²) in [5, 5.41) is 1.21. The fourth-order valence-electron chi connectivity index (χ4n) is 4.20. The third-order valence-electron chi connectivity index (χ3n) is 6.07. The Morgan fingerprint density at radius 1 is 0.656 bits per heavy atom. The summed E-state index contributed by atoms with van der Waals surface area (Å²) in [6.45, 7) is 2.76. The van der Waals surface area contributed by atoms with Gasteiger partial charge in [0.2, 0.25) is 0 Å². The van der Waals surface area contributed by atoms with Crippen LogP contribution in [0.25, 0.3) is 22.2 Å². The van der Waals surface area contributed by atoms with Crippen LogP contribution < -0.4 is 4.74 Å². The fourth-order valence-corrected chi connectivity index (χ4v) is 4.20. The van der Waals surface area contributed by atoms with Crippen molar-refractivity contribution in [2.75, 3.05) is 0 Å². The zero-order chi connectivity index (χ0) is 21.8. The van der Waals surface area contributed by atoms with Crippen molar-refractivity contribution in [3.8, 4) is 17.0 Å². The molecule has 0 saturated heterocycles. The second-order valence-corrected chi connectivity index (χ2v) is 8.29. The molecule has 0 bridgehead atoms. The van der Waals surface area contributed by atoms with Crippen LogP contribution in [0.15, 0.2) is 103 Å². The maximum absolute atomic E-state index is 6.04. The van der Waals surface area contributed by atoms with Gasteiger partial charge in [0, 0.05) is 16.6 Å². The van der Waals surface area contributed by atoms with E-state index in [1.807, 2.05) is 24.3 Å². The number of fused-ring (bicyclic) bond motifs is 1. The zero-order valence-corrected chi connectivity index (χ0v) is 18.3. The Morgan fingerprint density at radius 2 is 1.28 bits per heavy atom. The Labute approximate surface area is 189 Å². The van der Waals surface area contributed by atoms with Gasteiger partial charge in [-0.15, -0.1) is 0 Å². The normalized spacial score (nSPS) is 11.0. The summed E-state index contributed by atoms with van der Waals surface area (Å²) in [7, 11) is 0. The maximum atomic E-state index is 6.04. The molecule has 0 amide bonds. The van der Waals surface area contributed by atoms with Crippen molar-refractivity contribution in [3.63, 3.8) is 0 Å². The molecule has 32 heavy (non-hydrogen) atoms. The van der Waals surface area contributed by atoms with Crippen molar-refractivity contribution in [1.82, 2.24) is 4.98 Å². The van der Waals surface area contributed by atoms with E-state index in [1.165, 1.54) is 38.9 Å². The minimum Gasteiger partial charge on any atom is -0.489 e. The molecule has 0 aliphatic carbocycles. The lowest BCUT2D eigenvalue weighted by atomic mass is 10.0. The number of hydrogen-bond donors (Lipinski definition) is 1. The van der Waals surface area contributed by atoms with Crippen LogP contribution in [0.4, 0.5) is 0 Å². The number of nitrogens with one attached hydrogen (secondary N) is 1. The summed E-state index contributed by atoms with van der Waals surface area (Å²) in [5.74, 6) is 0.895. The molecule has 0 saturated carbocycles. The van der Waals surface area contributed by atoms with Gasteiger partial charge in [0.25, 0.3) is 0 Å². The van der Waals surface area contributed by atoms with E-state index in [0.717, 1.165) is 24.1 Å². The first-order chi connectivity index (χ1) is 15.8. The largest absolute Gasteiger partial charge is 0.489 e. The third-order valence-corrected chi connectivity index (χ3v) is 6.07. The lowest BCUT2D eigenvalue weighted by molar-refractivity contribution is 0.306. The molecule has 0 unspecified atom stereocenters. The van der Waals surface area contributed by atoms with E-state index in [9.17, 15) is 0 Å². The predicted molar refractivity (Wildman–Crippen MR) is 133 cm³/mol. The predicted octanol–water partition coefficient (Wildman–Crippen LogP) is 7.51. The topological polar surface area (TPSA) is 25.0 Å². The van der Waals surface area contributed by atoms with Crippen LogP contribution in [0.3, 0.4) is 0 Å². The Balaban J connectivity index is 1.32. The number of rotatable bonds is 7. The SMILES string of the molecule is Cc1c(-c2ccc(CCc3ccccc3)cc2)[nH]c2ccc(OCc3ccccc3)cc12. The number of aromatic amines is 1. The van der Waals surface area contributed by atoms with E-state index in [1.54, 1.807) is 0 Å². The highest BCUT2D eigenvalue weighted by Gasteiger charge is 2.11. The molecule has 4 aromatic carbocycles. The molecule has 158 valence electrons. The molecule has 2 nitrogen and oxygen atoms in total. The van der Waals surface area contributed by atoms with Crippen molar-refractivity contribution < 1.29 is 4.74 Å². The van der Waals surface area contributed by atoms with Crippen LogP contribution in [-0.2, 0) is 19.4 Å². The average molecular weight is 418 g/mol. The van der Waals surface area contributed by atoms with E-state index in [-0.39, 0.29) is 0 Å². The van der Waals surface area contributed by atoms with Gasteiger partial charge in [-0.1, -0.05) is 84.9 Å². The first kappa shape index (κ1) is 20.1. The fraction of sp³-hybridized carbons (Fsp3) is 0.133. The van der Waals surface area contributed by atoms with Crippen molar-refractivity contribution in [3.05, 3.63) is 125 Å². The summed E-state index contributed by atoms with van der Waals surface area (Å²) >= 11 is 0. The highest BCUT2D eigenvalue weighted by Crippen LogP contribution is 2.32. The van der Waals surface area contributed by atoms with E-state index in [0.29, 0.717) is 6.61 Å². The molecule has 1 N–H and O–H groups in total. The number of aryl methyl sites for hydroxylation is 3. The second-order valence-electron chi connectivity index (χ2n) is 8.29. The van der Waals surface area contributed by atoms with Crippen molar-refractivity contribution in [1.29, 1.82) is 0 Å². The summed E-state index contributed by atoms with van der Waals surface area (Å²) < 4.78 is 6.04. The van der Waals surface area contributed by atoms with Crippen molar-refractivity contribution in [2.24, 2.45) is 0 Å². The van der Waals surface area contributed by atoms with Crippen molar-refractivity contribution >= 4 is 10.9 Å². The Kier molecular flexibility index (Phi) is 5.76. The standard InChI is InChI=1S/C30H27NO/c1-22-28-20-27(32-21-25-10-6-3-7-11-25)18-19-29(28)31-30(22)26-16-14-24(15-17-26)13-12-23-8-4-2-5-9-23/h2-11,14-20,31H,12-13,21H2,1H3. The molecule has 0 spiro atoms. The smallest absolute Gasteiger partial charge is 0.120 e. The molecule has 5 rings (SSSR count). The number of benzene rings is 4. The Hall–Kier alpha value is -3.78. The van der Waals surface area contributed by atoms with E-state index >= 15 is 0 Å². The molecule has 5 aromatic rings. The lowest BCUT2D eigenvalue weighted by Crippen LogP contribution is -1.94. The quantitative estimate of drug-likeness (QED) is 0.291.